The Labute approximate surface area is 153 Å². The third-order valence-corrected chi connectivity index (χ3v) is 5.72. The van der Waals surface area contributed by atoms with Gasteiger partial charge in [0.15, 0.2) is 0 Å². The normalized spacial score (nSPS) is 24.3. The molecule has 1 aromatic carbocycles. The Morgan fingerprint density at radius 3 is 2.42 bits per heavy atom. The Morgan fingerprint density at radius 2 is 1.81 bits per heavy atom. The van der Waals surface area contributed by atoms with E-state index in [1.807, 2.05) is 11.0 Å². The smallest absolute Gasteiger partial charge is 0.317 e. The molecule has 2 aliphatic rings. The average Bonchev–Trinajstić information content (AvgIpc) is 2.63. The molecule has 1 aromatic rings. The molecule has 2 fully saturated rings. The van der Waals surface area contributed by atoms with Crippen LogP contribution in [0.5, 0.6) is 0 Å². The van der Waals surface area contributed by atoms with Gasteiger partial charge in [-0.3, -0.25) is 4.79 Å². The number of rotatable bonds is 4. The number of carboxylic acid groups (broad SMARTS) is 1. The predicted molar refractivity (Wildman–Crippen MR) is 96.3 cm³/mol. The summed E-state index contributed by atoms with van der Waals surface area (Å²) >= 11 is 0. The number of nitrogens with zero attached hydrogens (tertiary/aromatic N) is 1. The summed E-state index contributed by atoms with van der Waals surface area (Å²) in [4.78, 5) is 25.3. The second-order valence-electron chi connectivity index (χ2n) is 7.60. The van der Waals surface area contributed by atoms with E-state index in [-0.39, 0.29) is 23.8 Å². The zero-order chi connectivity index (χ0) is 18.5. The van der Waals surface area contributed by atoms with Gasteiger partial charge in [0.05, 0.1) is 5.92 Å². The Balaban J connectivity index is 1.40. The molecule has 26 heavy (non-hydrogen) atoms. The van der Waals surface area contributed by atoms with Crippen LogP contribution in [0, 0.1) is 17.7 Å². The number of amides is 2. The molecule has 1 saturated heterocycles. The molecule has 0 bridgehead atoms. The highest BCUT2D eigenvalue weighted by atomic mass is 19.1. The van der Waals surface area contributed by atoms with Gasteiger partial charge in [-0.15, -0.1) is 0 Å². The van der Waals surface area contributed by atoms with Crippen LogP contribution in [0.2, 0.25) is 0 Å². The Morgan fingerprint density at radius 1 is 1.12 bits per heavy atom. The summed E-state index contributed by atoms with van der Waals surface area (Å²) in [5, 5.41) is 12.1. The van der Waals surface area contributed by atoms with Gasteiger partial charge >= 0.3 is 12.0 Å². The maximum atomic E-state index is 13.3. The summed E-state index contributed by atoms with van der Waals surface area (Å²) in [6, 6.07) is 6.80. The van der Waals surface area contributed by atoms with Crippen LogP contribution < -0.4 is 5.32 Å². The summed E-state index contributed by atoms with van der Waals surface area (Å²) in [6.07, 6.45) is 5.45. The monoisotopic (exact) mass is 362 g/mol. The number of hydrogen-bond donors (Lipinski definition) is 2. The summed E-state index contributed by atoms with van der Waals surface area (Å²) in [5.41, 5.74) is 1.02. The molecular formula is C20H27FN2O3. The SMILES string of the molecule is O=C(O)C1CCC(NC(=O)N2CCC(Cc3cccc(F)c3)CC2)CC1. The number of benzene rings is 1. The van der Waals surface area contributed by atoms with Crippen LogP contribution in [0.25, 0.3) is 0 Å². The highest BCUT2D eigenvalue weighted by Crippen LogP contribution is 2.25. The minimum Gasteiger partial charge on any atom is -0.481 e. The average molecular weight is 362 g/mol. The number of carbonyl (C=O) groups is 2. The van der Waals surface area contributed by atoms with Gasteiger partial charge in [0.1, 0.15) is 5.82 Å². The van der Waals surface area contributed by atoms with Crippen molar-refractivity contribution in [2.45, 2.75) is 51.0 Å². The third-order valence-electron chi connectivity index (χ3n) is 5.72. The minimum absolute atomic E-state index is 0.0343. The van der Waals surface area contributed by atoms with Gasteiger partial charge in [-0.1, -0.05) is 12.1 Å². The molecular weight excluding hydrogens is 335 g/mol. The lowest BCUT2D eigenvalue weighted by Crippen LogP contribution is -2.49. The molecule has 1 heterocycles. The van der Waals surface area contributed by atoms with Gasteiger partial charge in [0, 0.05) is 19.1 Å². The van der Waals surface area contributed by atoms with Crippen molar-refractivity contribution in [3.63, 3.8) is 0 Å². The van der Waals surface area contributed by atoms with E-state index in [1.165, 1.54) is 6.07 Å². The van der Waals surface area contributed by atoms with Crippen molar-refractivity contribution in [2.75, 3.05) is 13.1 Å². The molecule has 2 N–H and O–H groups in total. The Hall–Kier alpha value is -2.11. The summed E-state index contributed by atoms with van der Waals surface area (Å²) in [7, 11) is 0. The molecule has 1 saturated carbocycles. The lowest BCUT2D eigenvalue weighted by molar-refractivity contribution is -0.142. The van der Waals surface area contributed by atoms with Crippen molar-refractivity contribution in [1.29, 1.82) is 0 Å². The first kappa shape index (κ1) is 18.7. The number of urea groups is 1. The van der Waals surface area contributed by atoms with Crippen molar-refractivity contribution in [3.05, 3.63) is 35.6 Å². The van der Waals surface area contributed by atoms with E-state index in [1.54, 1.807) is 12.1 Å². The van der Waals surface area contributed by atoms with Crippen LogP contribution in [-0.2, 0) is 11.2 Å². The molecule has 1 aliphatic carbocycles. The summed E-state index contributed by atoms with van der Waals surface area (Å²) in [6.45, 7) is 1.44. The zero-order valence-electron chi connectivity index (χ0n) is 15.0. The Kier molecular flexibility index (Phi) is 6.12. The first-order valence-electron chi connectivity index (χ1n) is 9.54. The van der Waals surface area contributed by atoms with Gasteiger partial charge in [-0.25, -0.2) is 9.18 Å². The van der Waals surface area contributed by atoms with Crippen molar-refractivity contribution in [3.8, 4) is 0 Å². The molecule has 0 aromatic heterocycles. The number of halogens is 1. The second-order valence-corrected chi connectivity index (χ2v) is 7.60. The van der Waals surface area contributed by atoms with Crippen LogP contribution in [0.1, 0.15) is 44.1 Å². The first-order chi connectivity index (χ1) is 12.5. The molecule has 5 nitrogen and oxygen atoms in total. The van der Waals surface area contributed by atoms with E-state index in [4.69, 9.17) is 5.11 Å². The molecule has 6 heteroatoms. The zero-order valence-corrected chi connectivity index (χ0v) is 15.0. The molecule has 0 radical (unpaired) electrons. The molecule has 0 spiro atoms. The number of piperidine rings is 1. The number of carboxylic acids is 1. The van der Waals surface area contributed by atoms with Crippen LogP contribution in [0.15, 0.2) is 24.3 Å². The standard InChI is InChI=1S/C20H27FN2O3/c21-17-3-1-2-15(13-17)12-14-8-10-23(11-9-14)20(26)22-18-6-4-16(5-7-18)19(24)25/h1-3,13-14,16,18H,4-12H2,(H,22,26)(H,24,25). The van der Waals surface area contributed by atoms with Gasteiger partial charge in [0.2, 0.25) is 0 Å². The number of hydrogen-bond acceptors (Lipinski definition) is 2. The lowest BCUT2D eigenvalue weighted by Gasteiger charge is -2.34. The molecule has 3 rings (SSSR count). The fourth-order valence-corrected chi connectivity index (χ4v) is 4.09. The topological polar surface area (TPSA) is 69.6 Å². The largest absolute Gasteiger partial charge is 0.481 e. The summed E-state index contributed by atoms with van der Waals surface area (Å²) in [5.74, 6) is -0.708. The van der Waals surface area contributed by atoms with Crippen LogP contribution in [0.4, 0.5) is 9.18 Å². The minimum atomic E-state index is -0.727. The van der Waals surface area contributed by atoms with E-state index in [2.05, 4.69) is 5.32 Å². The molecule has 1 aliphatic heterocycles. The molecule has 0 unspecified atom stereocenters. The van der Waals surface area contributed by atoms with Crippen molar-refractivity contribution < 1.29 is 19.1 Å². The van der Waals surface area contributed by atoms with E-state index < -0.39 is 5.97 Å². The van der Waals surface area contributed by atoms with Gasteiger partial charge in [0.25, 0.3) is 0 Å². The van der Waals surface area contributed by atoms with Crippen LogP contribution in [0.3, 0.4) is 0 Å². The van der Waals surface area contributed by atoms with E-state index >= 15 is 0 Å². The van der Waals surface area contributed by atoms with Gasteiger partial charge in [-0.2, -0.15) is 0 Å². The predicted octanol–water partition coefficient (Wildman–Crippen LogP) is 3.43. The maximum Gasteiger partial charge on any atom is 0.317 e. The van der Waals surface area contributed by atoms with Crippen molar-refractivity contribution in [2.24, 2.45) is 11.8 Å². The summed E-state index contributed by atoms with van der Waals surface area (Å²) < 4.78 is 13.3. The highest BCUT2D eigenvalue weighted by molar-refractivity contribution is 5.74. The Bertz CT molecular complexity index is 636. The van der Waals surface area contributed by atoms with Crippen LogP contribution in [-0.4, -0.2) is 41.1 Å². The maximum absolute atomic E-state index is 13.3. The molecule has 2 amide bonds. The number of carbonyl (C=O) groups excluding carboxylic acids is 1. The molecule has 142 valence electrons. The number of likely N-dealkylation sites (tertiary alicyclic amines) is 1. The van der Waals surface area contributed by atoms with Gasteiger partial charge < -0.3 is 15.3 Å². The third kappa shape index (κ3) is 4.96. The van der Waals surface area contributed by atoms with Gasteiger partial charge in [-0.05, 0) is 68.6 Å². The number of aliphatic carboxylic acids is 1. The van der Waals surface area contributed by atoms with Crippen LogP contribution >= 0.6 is 0 Å². The molecule has 0 atom stereocenters. The highest BCUT2D eigenvalue weighted by Gasteiger charge is 2.29. The first-order valence-corrected chi connectivity index (χ1v) is 9.54. The number of nitrogens with one attached hydrogen (secondary N) is 1. The van der Waals surface area contributed by atoms with E-state index in [9.17, 15) is 14.0 Å². The lowest BCUT2D eigenvalue weighted by atomic mass is 9.86. The fourth-order valence-electron chi connectivity index (χ4n) is 4.09. The van der Waals surface area contributed by atoms with E-state index in [0.29, 0.717) is 18.8 Å². The second kappa shape index (κ2) is 8.52. The van der Waals surface area contributed by atoms with Crippen molar-refractivity contribution in [1.82, 2.24) is 10.2 Å². The fraction of sp³-hybridized carbons (Fsp3) is 0.600. The van der Waals surface area contributed by atoms with Crippen molar-refractivity contribution >= 4 is 12.0 Å². The van der Waals surface area contributed by atoms with E-state index in [0.717, 1.165) is 50.8 Å². The quantitative estimate of drug-likeness (QED) is 0.862.